The van der Waals surface area contributed by atoms with Gasteiger partial charge < -0.3 is 0 Å². The molecule has 11 heteroatoms. The Morgan fingerprint density at radius 2 is 1.93 bits per heavy atom. The number of nitro groups is 1. The minimum absolute atomic E-state index is 0.101. The number of amides is 1. The van der Waals surface area contributed by atoms with E-state index in [2.05, 4.69) is 26.5 Å². The summed E-state index contributed by atoms with van der Waals surface area (Å²) in [5.74, 6) is -0.661. The minimum Gasteiger partial charge on any atom is -0.271 e. The molecule has 0 aliphatic carbocycles. The molecule has 0 atom stereocenters. The number of carbonyl (C=O) groups is 1. The van der Waals surface area contributed by atoms with Crippen molar-refractivity contribution in [1.82, 2.24) is 5.43 Å². The summed E-state index contributed by atoms with van der Waals surface area (Å²) in [5, 5.41) is 14.8. The van der Waals surface area contributed by atoms with Crippen LogP contribution in [0.25, 0.3) is 0 Å². The maximum atomic E-state index is 12.2. The number of para-hydroxylation sites is 1. The molecular formula is C17H17BrN4O5S. The van der Waals surface area contributed by atoms with Gasteiger partial charge in [-0.15, -0.1) is 0 Å². The van der Waals surface area contributed by atoms with Crippen LogP contribution in [0.15, 0.2) is 58.1 Å². The van der Waals surface area contributed by atoms with E-state index in [-0.39, 0.29) is 5.69 Å². The van der Waals surface area contributed by atoms with Gasteiger partial charge in [-0.1, -0.05) is 24.3 Å². The van der Waals surface area contributed by atoms with Crippen LogP contribution >= 0.6 is 15.9 Å². The number of rotatable bonds is 7. The van der Waals surface area contributed by atoms with E-state index in [1.165, 1.54) is 18.2 Å². The number of benzene rings is 2. The van der Waals surface area contributed by atoms with Crippen molar-refractivity contribution in [2.45, 2.75) is 6.92 Å². The average Bonchev–Trinajstić information content (AvgIpc) is 2.64. The van der Waals surface area contributed by atoms with Gasteiger partial charge in [-0.25, -0.2) is 13.8 Å². The first-order valence-electron chi connectivity index (χ1n) is 7.90. The molecule has 148 valence electrons. The minimum atomic E-state index is -3.72. The van der Waals surface area contributed by atoms with Crippen LogP contribution in [0.4, 0.5) is 11.4 Å². The maximum absolute atomic E-state index is 12.2. The number of hydrogen-bond donors (Lipinski definition) is 1. The van der Waals surface area contributed by atoms with Crippen LogP contribution in [-0.4, -0.2) is 37.8 Å². The highest BCUT2D eigenvalue weighted by Gasteiger charge is 2.22. The number of halogens is 1. The Morgan fingerprint density at radius 1 is 1.25 bits per heavy atom. The molecule has 28 heavy (non-hydrogen) atoms. The predicted octanol–water partition coefficient (Wildman–Crippen LogP) is 2.66. The maximum Gasteiger partial charge on any atom is 0.270 e. The highest BCUT2D eigenvalue weighted by Crippen LogP contribution is 2.27. The van der Waals surface area contributed by atoms with E-state index >= 15 is 0 Å². The molecule has 0 aliphatic rings. The molecule has 0 radical (unpaired) electrons. The molecule has 2 aromatic carbocycles. The van der Waals surface area contributed by atoms with Crippen molar-refractivity contribution in [3.8, 4) is 0 Å². The normalized spacial score (nSPS) is 11.8. The standard InChI is InChI=1S/C17H17BrN4O5S/c1-12(13-6-5-7-14(10-13)22(24)25)19-20-17(23)11-21(28(2,26)27)16-9-4-3-8-15(16)18/h3-10H,11H2,1-2H3,(H,20,23)/b19-12+. The fraction of sp³-hybridized carbons (Fsp3) is 0.176. The fourth-order valence-electron chi connectivity index (χ4n) is 2.26. The van der Waals surface area contributed by atoms with Gasteiger partial charge in [0.25, 0.3) is 11.6 Å². The third-order valence-electron chi connectivity index (χ3n) is 3.63. The lowest BCUT2D eigenvalue weighted by atomic mass is 10.1. The number of nitro benzene ring substituents is 1. The number of nitrogens with zero attached hydrogens (tertiary/aromatic N) is 3. The summed E-state index contributed by atoms with van der Waals surface area (Å²) in [6.07, 6.45) is 0.997. The van der Waals surface area contributed by atoms with E-state index in [4.69, 9.17) is 0 Å². The second-order valence-corrected chi connectivity index (χ2v) is 8.52. The quantitative estimate of drug-likeness (QED) is 0.380. The molecule has 0 unspecified atom stereocenters. The lowest BCUT2D eigenvalue weighted by Crippen LogP contribution is -2.39. The first-order chi connectivity index (χ1) is 13.1. The molecule has 1 N–H and O–H groups in total. The van der Waals surface area contributed by atoms with Gasteiger partial charge in [0.15, 0.2) is 0 Å². The van der Waals surface area contributed by atoms with Crippen molar-refractivity contribution < 1.29 is 18.1 Å². The van der Waals surface area contributed by atoms with Crippen LogP contribution in [0.2, 0.25) is 0 Å². The Bertz CT molecular complexity index is 1040. The molecular weight excluding hydrogens is 452 g/mol. The summed E-state index contributed by atoms with van der Waals surface area (Å²) in [5.41, 5.74) is 3.29. The molecule has 0 bridgehead atoms. The zero-order chi connectivity index (χ0) is 20.9. The van der Waals surface area contributed by atoms with Crippen LogP contribution in [0, 0.1) is 10.1 Å². The number of sulfonamides is 1. The van der Waals surface area contributed by atoms with Crippen molar-refractivity contribution >= 4 is 48.9 Å². The molecule has 2 rings (SSSR count). The zero-order valence-corrected chi connectivity index (χ0v) is 17.4. The summed E-state index contributed by atoms with van der Waals surface area (Å²) in [4.78, 5) is 22.6. The first kappa shape index (κ1) is 21.5. The van der Waals surface area contributed by atoms with Crippen LogP contribution < -0.4 is 9.73 Å². The Balaban J connectivity index is 2.17. The summed E-state index contributed by atoms with van der Waals surface area (Å²) in [6, 6.07) is 12.4. The lowest BCUT2D eigenvalue weighted by Gasteiger charge is -2.22. The van der Waals surface area contributed by atoms with Gasteiger partial charge in [0.1, 0.15) is 6.54 Å². The van der Waals surface area contributed by atoms with Crippen molar-refractivity contribution in [1.29, 1.82) is 0 Å². The lowest BCUT2D eigenvalue weighted by molar-refractivity contribution is -0.384. The highest BCUT2D eigenvalue weighted by atomic mass is 79.9. The van der Waals surface area contributed by atoms with E-state index in [0.29, 0.717) is 21.4 Å². The zero-order valence-electron chi connectivity index (χ0n) is 15.0. The molecule has 0 fully saturated rings. The molecule has 0 heterocycles. The second kappa shape index (κ2) is 8.93. The van der Waals surface area contributed by atoms with E-state index in [1.807, 2.05) is 0 Å². The van der Waals surface area contributed by atoms with Crippen LogP contribution in [-0.2, 0) is 14.8 Å². The number of hydrogen-bond acceptors (Lipinski definition) is 6. The molecule has 0 saturated heterocycles. The van der Waals surface area contributed by atoms with E-state index in [9.17, 15) is 23.3 Å². The topological polar surface area (TPSA) is 122 Å². The van der Waals surface area contributed by atoms with Gasteiger partial charge >= 0.3 is 0 Å². The third kappa shape index (κ3) is 5.60. The van der Waals surface area contributed by atoms with Crippen LogP contribution in [0.1, 0.15) is 12.5 Å². The molecule has 2 aromatic rings. The Hall–Kier alpha value is -2.79. The van der Waals surface area contributed by atoms with Gasteiger partial charge in [0.05, 0.1) is 22.6 Å². The predicted molar refractivity (Wildman–Crippen MR) is 110 cm³/mol. The summed E-state index contributed by atoms with van der Waals surface area (Å²) < 4.78 is 25.7. The third-order valence-corrected chi connectivity index (χ3v) is 5.43. The smallest absolute Gasteiger partial charge is 0.270 e. The van der Waals surface area contributed by atoms with Crippen molar-refractivity contribution in [2.24, 2.45) is 5.10 Å². The summed E-state index contributed by atoms with van der Waals surface area (Å²) in [7, 11) is -3.72. The first-order valence-corrected chi connectivity index (χ1v) is 10.5. The number of non-ortho nitro benzene ring substituents is 1. The van der Waals surface area contributed by atoms with Crippen molar-refractivity contribution in [3.05, 3.63) is 68.7 Å². The molecule has 9 nitrogen and oxygen atoms in total. The number of nitrogens with one attached hydrogen (secondary N) is 1. The van der Waals surface area contributed by atoms with Gasteiger partial charge in [0, 0.05) is 22.2 Å². The SMILES string of the molecule is C/C(=N\NC(=O)CN(c1ccccc1Br)S(C)(=O)=O)c1cccc([N+](=O)[O-])c1. The number of anilines is 1. The van der Waals surface area contributed by atoms with Crippen LogP contribution in [0.3, 0.4) is 0 Å². The van der Waals surface area contributed by atoms with Crippen molar-refractivity contribution in [2.75, 3.05) is 17.1 Å². The molecule has 0 aromatic heterocycles. The second-order valence-electron chi connectivity index (χ2n) is 5.76. The van der Waals surface area contributed by atoms with Crippen LogP contribution in [0.5, 0.6) is 0 Å². The monoisotopic (exact) mass is 468 g/mol. The molecule has 1 amide bonds. The summed E-state index contributed by atoms with van der Waals surface area (Å²) >= 11 is 3.27. The Labute approximate surface area is 170 Å². The molecule has 0 aliphatic heterocycles. The van der Waals surface area contributed by atoms with Gasteiger partial charge in [-0.3, -0.25) is 19.2 Å². The summed E-state index contributed by atoms with van der Waals surface area (Å²) in [6.45, 7) is 1.09. The highest BCUT2D eigenvalue weighted by molar-refractivity contribution is 9.10. The van der Waals surface area contributed by atoms with Gasteiger partial charge in [-0.2, -0.15) is 5.10 Å². The fourth-order valence-corrected chi connectivity index (χ4v) is 3.74. The molecule has 0 spiro atoms. The number of carbonyl (C=O) groups excluding carboxylic acids is 1. The van der Waals surface area contributed by atoms with Gasteiger partial charge in [-0.05, 0) is 35.0 Å². The Morgan fingerprint density at radius 3 is 2.54 bits per heavy atom. The average molecular weight is 469 g/mol. The van der Waals surface area contributed by atoms with E-state index < -0.39 is 27.4 Å². The van der Waals surface area contributed by atoms with E-state index in [0.717, 1.165) is 10.6 Å². The van der Waals surface area contributed by atoms with Crippen molar-refractivity contribution in [3.63, 3.8) is 0 Å². The van der Waals surface area contributed by atoms with Gasteiger partial charge in [0.2, 0.25) is 10.0 Å². The largest absolute Gasteiger partial charge is 0.271 e. The number of hydrazone groups is 1. The van der Waals surface area contributed by atoms with E-state index in [1.54, 1.807) is 37.3 Å². The molecule has 0 saturated carbocycles. The Kier molecular flexibility index (Phi) is 6.86.